The van der Waals surface area contributed by atoms with Crippen LogP contribution in [-0.2, 0) is 0 Å². The van der Waals surface area contributed by atoms with Gasteiger partial charge in [0, 0.05) is 29.7 Å². The second kappa shape index (κ2) is 5.43. The minimum atomic E-state index is -0.227. The highest BCUT2D eigenvalue weighted by molar-refractivity contribution is 5.95. The Labute approximate surface area is 111 Å². The van der Waals surface area contributed by atoms with Crippen LogP contribution in [0.3, 0.4) is 0 Å². The lowest BCUT2D eigenvalue weighted by molar-refractivity contribution is 0.0938. The van der Waals surface area contributed by atoms with Crippen molar-refractivity contribution in [3.63, 3.8) is 0 Å². The zero-order valence-electron chi connectivity index (χ0n) is 10.8. The summed E-state index contributed by atoms with van der Waals surface area (Å²) in [4.78, 5) is 19.2. The number of aromatic amines is 1. The van der Waals surface area contributed by atoms with Crippen molar-refractivity contribution in [3.8, 4) is 5.75 Å². The Kier molecular flexibility index (Phi) is 3.70. The fourth-order valence-electron chi connectivity index (χ4n) is 1.73. The van der Waals surface area contributed by atoms with Crippen LogP contribution >= 0.6 is 0 Å². The molecular weight excluding hydrogens is 244 g/mol. The number of imidazole rings is 1. The lowest BCUT2D eigenvalue weighted by atomic mass is 10.1. The van der Waals surface area contributed by atoms with Crippen molar-refractivity contribution < 1.29 is 9.53 Å². The van der Waals surface area contributed by atoms with E-state index in [9.17, 15) is 4.79 Å². The van der Waals surface area contributed by atoms with E-state index in [1.807, 2.05) is 6.92 Å². The molecule has 1 aromatic heterocycles. The van der Waals surface area contributed by atoms with Crippen molar-refractivity contribution in [2.75, 3.05) is 12.8 Å². The fraction of sp³-hybridized carbons (Fsp3) is 0.231. The molecule has 2 aromatic rings. The summed E-state index contributed by atoms with van der Waals surface area (Å²) in [5.41, 5.74) is 6.66. The van der Waals surface area contributed by atoms with Gasteiger partial charge in [-0.2, -0.15) is 0 Å². The normalized spacial score (nSPS) is 11.9. The molecule has 0 saturated heterocycles. The average molecular weight is 260 g/mol. The summed E-state index contributed by atoms with van der Waals surface area (Å²) in [5.74, 6) is 1.02. The van der Waals surface area contributed by atoms with E-state index in [4.69, 9.17) is 10.5 Å². The maximum absolute atomic E-state index is 12.1. The van der Waals surface area contributed by atoms with Gasteiger partial charge in [0.1, 0.15) is 11.6 Å². The van der Waals surface area contributed by atoms with Crippen LogP contribution in [0.2, 0.25) is 0 Å². The molecule has 0 aliphatic carbocycles. The molecule has 6 heteroatoms. The van der Waals surface area contributed by atoms with Gasteiger partial charge in [-0.1, -0.05) is 0 Å². The number of methoxy groups -OCH3 is 1. The molecule has 0 spiro atoms. The number of carbonyl (C=O) groups is 1. The second-order valence-electron chi connectivity index (χ2n) is 4.16. The summed E-state index contributed by atoms with van der Waals surface area (Å²) in [5, 5.41) is 2.83. The van der Waals surface area contributed by atoms with Gasteiger partial charge in [0.15, 0.2) is 0 Å². The van der Waals surface area contributed by atoms with Crippen LogP contribution in [-0.4, -0.2) is 23.0 Å². The fourth-order valence-corrected chi connectivity index (χ4v) is 1.73. The maximum atomic E-state index is 12.1. The van der Waals surface area contributed by atoms with Gasteiger partial charge in [0.2, 0.25) is 0 Å². The molecule has 1 heterocycles. The van der Waals surface area contributed by atoms with E-state index in [2.05, 4.69) is 15.3 Å². The average Bonchev–Trinajstić information content (AvgIpc) is 2.91. The number of amides is 1. The summed E-state index contributed by atoms with van der Waals surface area (Å²) >= 11 is 0. The number of nitrogens with one attached hydrogen (secondary N) is 2. The first kappa shape index (κ1) is 12.9. The molecule has 4 N–H and O–H groups in total. The van der Waals surface area contributed by atoms with Gasteiger partial charge in [0.05, 0.1) is 13.2 Å². The van der Waals surface area contributed by atoms with E-state index in [1.165, 1.54) is 7.11 Å². The van der Waals surface area contributed by atoms with Crippen molar-refractivity contribution in [1.29, 1.82) is 0 Å². The minimum absolute atomic E-state index is 0.213. The molecule has 1 unspecified atom stereocenters. The summed E-state index contributed by atoms with van der Waals surface area (Å²) in [6.07, 6.45) is 3.35. The number of hydrogen-bond donors (Lipinski definition) is 3. The van der Waals surface area contributed by atoms with Gasteiger partial charge in [-0.25, -0.2) is 4.98 Å². The summed E-state index contributed by atoms with van der Waals surface area (Å²) in [7, 11) is 1.53. The van der Waals surface area contributed by atoms with Gasteiger partial charge in [-0.05, 0) is 19.1 Å². The molecule has 1 atom stereocenters. The van der Waals surface area contributed by atoms with Crippen molar-refractivity contribution in [3.05, 3.63) is 42.0 Å². The minimum Gasteiger partial charge on any atom is -0.497 e. The van der Waals surface area contributed by atoms with E-state index >= 15 is 0 Å². The lowest BCUT2D eigenvalue weighted by Gasteiger charge is -2.12. The Morgan fingerprint density at radius 2 is 2.26 bits per heavy atom. The van der Waals surface area contributed by atoms with Gasteiger partial charge in [-0.15, -0.1) is 0 Å². The number of nitrogens with zero attached hydrogens (tertiary/aromatic N) is 1. The van der Waals surface area contributed by atoms with Crippen LogP contribution in [0.5, 0.6) is 5.75 Å². The van der Waals surface area contributed by atoms with Crippen LogP contribution in [0.4, 0.5) is 5.69 Å². The van der Waals surface area contributed by atoms with E-state index < -0.39 is 0 Å². The molecule has 2 rings (SSSR count). The highest BCUT2D eigenvalue weighted by Crippen LogP contribution is 2.19. The van der Waals surface area contributed by atoms with Crippen LogP contribution in [0.15, 0.2) is 30.6 Å². The topological polar surface area (TPSA) is 93.0 Å². The third-order valence-electron chi connectivity index (χ3n) is 2.70. The molecular formula is C13H16N4O2. The molecule has 0 aliphatic rings. The van der Waals surface area contributed by atoms with Crippen LogP contribution in [0, 0.1) is 0 Å². The first-order chi connectivity index (χ1) is 9.10. The van der Waals surface area contributed by atoms with Crippen molar-refractivity contribution >= 4 is 11.6 Å². The van der Waals surface area contributed by atoms with Crippen molar-refractivity contribution in [2.45, 2.75) is 13.0 Å². The molecule has 100 valence electrons. The van der Waals surface area contributed by atoms with E-state index in [1.54, 1.807) is 30.6 Å². The largest absolute Gasteiger partial charge is 0.497 e. The van der Waals surface area contributed by atoms with E-state index in [-0.39, 0.29) is 11.9 Å². The number of aromatic nitrogens is 2. The number of hydrogen-bond acceptors (Lipinski definition) is 4. The Balaban J connectivity index is 2.13. The maximum Gasteiger partial charge on any atom is 0.252 e. The Morgan fingerprint density at radius 1 is 1.47 bits per heavy atom. The highest BCUT2D eigenvalue weighted by Gasteiger charge is 2.14. The number of benzene rings is 1. The molecule has 0 bridgehead atoms. The molecule has 1 aromatic carbocycles. The summed E-state index contributed by atoms with van der Waals surface area (Å²) in [6.45, 7) is 1.85. The highest BCUT2D eigenvalue weighted by atomic mass is 16.5. The van der Waals surface area contributed by atoms with Gasteiger partial charge >= 0.3 is 0 Å². The molecule has 1 amide bonds. The molecule has 19 heavy (non-hydrogen) atoms. The molecule has 6 nitrogen and oxygen atoms in total. The number of carbonyl (C=O) groups excluding carboxylic acids is 1. The predicted molar refractivity (Wildman–Crippen MR) is 71.9 cm³/mol. The van der Waals surface area contributed by atoms with Gasteiger partial charge < -0.3 is 20.8 Å². The zero-order chi connectivity index (χ0) is 13.8. The number of H-pyrrole nitrogens is 1. The van der Waals surface area contributed by atoms with E-state index in [0.29, 0.717) is 22.8 Å². The first-order valence-electron chi connectivity index (χ1n) is 5.85. The predicted octanol–water partition coefficient (Wildman–Crippen LogP) is 1.49. The molecule has 0 radical (unpaired) electrons. The monoisotopic (exact) mass is 260 g/mol. The van der Waals surface area contributed by atoms with Crippen molar-refractivity contribution in [2.24, 2.45) is 0 Å². The zero-order valence-corrected chi connectivity index (χ0v) is 10.8. The number of anilines is 1. The lowest BCUT2D eigenvalue weighted by Crippen LogP contribution is -2.27. The second-order valence-corrected chi connectivity index (χ2v) is 4.16. The third kappa shape index (κ3) is 3.04. The van der Waals surface area contributed by atoms with Crippen molar-refractivity contribution in [1.82, 2.24) is 15.3 Å². The Bertz CT molecular complexity index is 566. The third-order valence-corrected chi connectivity index (χ3v) is 2.70. The van der Waals surface area contributed by atoms with Gasteiger partial charge in [-0.3, -0.25) is 4.79 Å². The SMILES string of the molecule is COc1cc(N)cc(C(=O)NC(C)c2ncc[nH]2)c1. The van der Waals surface area contributed by atoms with Crippen LogP contribution in [0.25, 0.3) is 0 Å². The number of nitrogen functional groups attached to an aromatic ring is 1. The standard InChI is InChI=1S/C13H16N4O2/c1-8(12-15-3-4-16-12)17-13(18)9-5-10(14)7-11(6-9)19-2/h3-8H,14H2,1-2H3,(H,15,16)(H,17,18). The molecule has 0 fully saturated rings. The Morgan fingerprint density at radius 3 is 2.89 bits per heavy atom. The number of nitrogens with two attached hydrogens (primary N) is 1. The van der Waals surface area contributed by atoms with Crippen LogP contribution in [0.1, 0.15) is 29.1 Å². The smallest absolute Gasteiger partial charge is 0.252 e. The molecule has 0 aliphatic heterocycles. The first-order valence-corrected chi connectivity index (χ1v) is 5.85. The number of ether oxygens (including phenoxy) is 1. The Hall–Kier alpha value is -2.50. The number of rotatable bonds is 4. The molecule has 0 saturated carbocycles. The quantitative estimate of drug-likeness (QED) is 0.726. The van der Waals surface area contributed by atoms with Crippen LogP contribution < -0.4 is 15.8 Å². The van der Waals surface area contributed by atoms with E-state index in [0.717, 1.165) is 0 Å². The van der Waals surface area contributed by atoms with Gasteiger partial charge in [0.25, 0.3) is 5.91 Å². The summed E-state index contributed by atoms with van der Waals surface area (Å²) in [6, 6.07) is 4.69. The summed E-state index contributed by atoms with van der Waals surface area (Å²) < 4.78 is 5.08.